The molecule has 10 heteroatoms. The molecule has 2 aromatic rings. The molecule has 0 aromatic carbocycles. The van der Waals surface area contributed by atoms with E-state index in [4.69, 9.17) is 23.4 Å². The number of hydrogen-bond donors (Lipinski definition) is 0. The first kappa shape index (κ1) is 22.7. The molecule has 0 unspecified atom stereocenters. The quantitative estimate of drug-likeness (QED) is 0.482. The van der Waals surface area contributed by atoms with Crippen molar-refractivity contribution in [3.63, 3.8) is 0 Å². The maximum atomic E-state index is 11.8. The van der Waals surface area contributed by atoms with Gasteiger partial charge in [0, 0.05) is 32.7 Å². The lowest BCUT2D eigenvalue weighted by molar-refractivity contribution is -0.186. The van der Waals surface area contributed by atoms with Gasteiger partial charge >= 0.3 is 17.9 Å². The number of carbonyl (C=O) groups is 3. The van der Waals surface area contributed by atoms with E-state index in [1.165, 1.54) is 32.5 Å². The molecule has 0 bridgehead atoms. The fourth-order valence-electron chi connectivity index (χ4n) is 3.17. The monoisotopic (exact) mass is 449 g/mol. The number of rotatable bonds is 6. The van der Waals surface area contributed by atoms with Crippen LogP contribution in [0.3, 0.4) is 0 Å². The zero-order chi connectivity index (χ0) is 22.5. The number of nitrogens with zero attached hydrogens (tertiary/aromatic N) is 1. The van der Waals surface area contributed by atoms with Crippen LogP contribution >= 0.6 is 11.8 Å². The molecule has 0 radical (unpaired) electrons. The first-order valence-electron chi connectivity index (χ1n) is 9.56. The van der Waals surface area contributed by atoms with Gasteiger partial charge < -0.3 is 23.4 Å². The fourth-order valence-corrected chi connectivity index (χ4v) is 4.38. The van der Waals surface area contributed by atoms with Crippen LogP contribution in [-0.4, -0.2) is 52.4 Å². The summed E-state index contributed by atoms with van der Waals surface area (Å²) in [5, 5.41) is 0. The molecule has 31 heavy (non-hydrogen) atoms. The lowest BCUT2D eigenvalue weighted by Crippen LogP contribution is -2.55. The summed E-state index contributed by atoms with van der Waals surface area (Å²) in [6, 6.07) is 7.00. The third-order valence-corrected chi connectivity index (χ3v) is 5.51. The predicted octanol–water partition coefficient (Wildman–Crippen LogP) is 2.90. The van der Waals surface area contributed by atoms with Crippen molar-refractivity contribution in [1.82, 2.24) is 4.98 Å². The Hall–Kier alpha value is -3.01. The van der Waals surface area contributed by atoms with Gasteiger partial charge in [0.15, 0.2) is 35.3 Å². The van der Waals surface area contributed by atoms with Crippen molar-refractivity contribution in [2.24, 2.45) is 0 Å². The van der Waals surface area contributed by atoms with Crippen LogP contribution in [0.5, 0.6) is 5.75 Å². The molecule has 1 aliphatic rings. The van der Waals surface area contributed by atoms with Gasteiger partial charge in [0.2, 0.25) is 0 Å². The molecule has 0 spiro atoms. The molecular formula is C21H23NO8S. The highest BCUT2D eigenvalue weighted by Crippen LogP contribution is 2.37. The Morgan fingerprint density at radius 2 is 1.68 bits per heavy atom. The Kier molecular flexibility index (Phi) is 7.21. The normalized spacial score (nSPS) is 23.0. The summed E-state index contributed by atoms with van der Waals surface area (Å²) in [6.45, 7) is 5.54. The molecule has 1 saturated heterocycles. The van der Waals surface area contributed by atoms with E-state index < -0.39 is 41.7 Å². The number of esters is 3. The minimum absolute atomic E-state index is 0.273. The smallest absolute Gasteiger partial charge is 0.303 e. The van der Waals surface area contributed by atoms with Gasteiger partial charge in [-0.25, -0.2) is 4.98 Å². The fraction of sp³-hybridized carbons (Fsp3) is 0.429. The van der Waals surface area contributed by atoms with Gasteiger partial charge in [-0.15, -0.1) is 11.8 Å². The summed E-state index contributed by atoms with van der Waals surface area (Å²) < 4.78 is 28.0. The lowest BCUT2D eigenvalue weighted by atomic mass is 10.1. The van der Waals surface area contributed by atoms with Crippen LogP contribution in [0.15, 0.2) is 34.9 Å². The molecule has 0 N–H and O–H groups in total. The number of aromatic nitrogens is 1. The lowest BCUT2D eigenvalue weighted by Gasteiger charge is -2.40. The Morgan fingerprint density at radius 3 is 2.29 bits per heavy atom. The number of carbonyl (C=O) groups excluding carboxylic acids is 3. The van der Waals surface area contributed by atoms with E-state index in [2.05, 4.69) is 4.98 Å². The summed E-state index contributed by atoms with van der Waals surface area (Å²) in [6.07, 6.45) is -1.23. The van der Waals surface area contributed by atoms with Gasteiger partial charge in [-0.2, -0.15) is 0 Å². The average molecular weight is 449 g/mol. The van der Waals surface area contributed by atoms with Crippen LogP contribution in [0.25, 0.3) is 11.5 Å². The average Bonchev–Trinajstić information content (AvgIpc) is 3.12. The Balaban J connectivity index is 1.92. The van der Waals surface area contributed by atoms with Crippen LogP contribution in [0.4, 0.5) is 0 Å². The number of furan rings is 1. The minimum Gasteiger partial charge on any atom is -0.473 e. The molecule has 1 aliphatic heterocycles. The summed E-state index contributed by atoms with van der Waals surface area (Å²) in [7, 11) is 0. The van der Waals surface area contributed by atoms with Gasteiger partial charge in [-0.3, -0.25) is 14.4 Å². The van der Waals surface area contributed by atoms with Crippen molar-refractivity contribution in [1.29, 1.82) is 0 Å². The van der Waals surface area contributed by atoms with Crippen molar-refractivity contribution in [2.75, 3.05) is 5.75 Å². The SMILES string of the molecule is CC(=O)O[C@@H]1[C@@H](OC(C)=O)[C@@H](Oc2cccnc2-c2ccc(C)o2)SC[C@H]1OC(C)=O. The number of aryl methyl sites for hydroxylation is 1. The van der Waals surface area contributed by atoms with E-state index in [0.29, 0.717) is 17.2 Å². The highest BCUT2D eigenvalue weighted by atomic mass is 32.2. The molecule has 9 nitrogen and oxygen atoms in total. The maximum absolute atomic E-state index is 11.8. The molecule has 3 rings (SSSR count). The van der Waals surface area contributed by atoms with Gasteiger partial charge in [0.1, 0.15) is 11.5 Å². The summed E-state index contributed by atoms with van der Waals surface area (Å²) in [4.78, 5) is 39.4. The highest BCUT2D eigenvalue weighted by Gasteiger charge is 2.47. The molecule has 0 aliphatic carbocycles. The van der Waals surface area contributed by atoms with Crippen molar-refractivity contribution in [3.8, 4) is 17.2 Å². The van der Waals surface area contributed by atoms with Crippen LogP contribution in [0.2, 0.25) is 0 Å². The number of hydrogen-bond acceptors (Lipinski definition) is 10. The topological polar surface area (TPSA) is 114 Å². The molecule has 4 atom stereocenters. The van der Waals surface area contributed by atoms with Crippen LogP contribution in [-0.2, 0) is 28.6 Å². The highest BCUT2D eigenvalue weighted by molar-refractivity contribution is 7.99. The molecular weight excluding hydrogens is 426 g/mol. The Bertz CT molecular complexity index is 958. The Labute approximate surface area is 183 Å². The molecule has 2 aromatic heterocycles. The molecule has 1 fully saturated rings. The number of pyridine rings is 1. The van der Waals surface area contributed by atoms with Gasteiger partial charge in [0.05, 0.1) is 0 Å². The van der Waals surface area contributed by atoms with Crippen LogP contribution in [0.1, 0.15) is 26.5 Å². The largest absolute Gasteiger partial charge is 0.473 e. The van der Waals surface area contributed by atoms with Gasteiger partial charge in [-0.05, 0) is 31.2 Å². The standard InChI is InChI=1S/C21H23NO8S/c1-11-7-8-16(26-11)18-15(6-5-9-22-18)30-21-20(29-14(4)25)19(28-13(3)24)17(10-31-21)27-12(2)23/h5-9,17,19-21H,10H2,1-4H3/t17-,19+,20-,21+/m1/s1. The third-order valence-electron chi connectivity index (χ3n) is 4.29. The van der Waals surface area contributed by atoms with E-state index in [9.17, 15) is 14.4 Å². The first-order valence-corrected chi connectivity index (χ1v) is 10.6. The Morgan fingerprint density at radius 1 is 1.00 bits per heavy atom. The van der Waals surface area contributed by atoms with Crippen molar-refractivity contribution in [3.05, 3.63) is 36.2 Å². The second-order valence-electron chi connectivity index (χ2n) is 6.88. The van der Waals surface area contributed by atoms with Crippen molar-refractivity contribution >= 4 is 29.7 Å². The van der Waals surface area contributed by atoms with E-state index in [1.54, 1.807) is 24.4 Å². The first-order chi connectivity index (χ1) is 14.7. The van der Waals surface area contributed by atoms with Gasteiger partial charge in [-0.1, -0.05) is 0 Å². The van der Waals surface area contributed by atoms with Crippen LogP contribution < -0.4 is 4.74 Å². The number of thioether (sulfide) groups is 1. The van der Waals surface area contributed by atoms with E-state index in [1.807, 2.05) is 13.0 Å². The zero-order valence-corrected chi connectivity index (χ0v) is 18.3. The summed E-state index contributed by atoms with van der Waals surface area (Å²) >= 11 is 1.27. The van der Waals surface area contributed by atoms with Crippen LogP contribution in [0, 0.1) is 6.92 Å². The second kappa shape index (κ2) is 9.86. The summed E-state index contributed by atoms with van der Waals surface area (Å²) in [5.74, 6) is 0.189. The molecule has 166 valence electrons. The van der Waals surface area contributed by atoms with Crippen molar-refractivity contribution in [2.45, 2.75) is 51.4 Å². The van der Waals surface area contributed by atoms with Gasteiger partial charge in [0.25, 0.3) is 0 Å². The second-order valence-corrected chi connectivity index (χ2v) is 8.01. The molecule has 3 heterocycles. The number of ether oxygens (including phenoxy) is 4. The van der Waals surface area contributed by atoms with E-state index in [0.717, 1.165) is 5.76 Å². The maximum Gasteiger partial charge on any atom is 0.303 e. The van der Waals surface area contributed by atoms with E-state index in [-0.39, 0.29) is 5.75 Å². The summed E-state index contributed by atoms with van der Waals surface area (Å²) in [5.41, 5.74) is -0.275. The predicted molar refractivity (Wildman–Crippen MR) is 110 cm³/mol. The van der Waals surface area contributed by atoms with Crippen molar-refractivity contribution < 1.29 is 37.7 Å². The minimum atomic E-state index is -1.03. The molecule has 0 saturated carbocycles. The molecule has 0 amide bonds. The van der Waals surface area contributed by atoms with E-state index >= 15 is 0 Å². The zero-order valence-electron chi connectivity index (χ0n) is 17.5. The third kappa shape index (κ3) is 5.78.